The molecule has 5 rings (SSSR count). The van der Waals surface area contributed by atoms with Crippen molar-refractivity contribution in [2.75, 3.05) is 36.4 Å². The average Bonchev–Trinajstić information content (AvgIpc) is 3.31. The number of anilines is 2. The Hall–Kier alpha value is -4.06. The van der Waals surface area contributed by atoms with Crippen LogP contribution in [0.2, 0.25) is 0 Å². The molecule has 1 saturated carbocycles. The Labute approximate surface area is 252 Å². The first-order chi connectivity index (χ1) is 20.1. The van der Waals surface area contributed by atoms with Gasteiger partial charge in [-0.3, -0.25) is 14.4 Å². The third-order valence-corrected chi connectivity index (χ3v) is 7.84. The zero-order valence-corrected chi connectivity index (χ0v) is 24.0. The van der Waals surface area contributed by atoms with Gasteiger partial charge in [-0.15, -0.1) is 12.4 Å². The van der Waals surface area contributed by atoms with Gasteiger partial charge in [-0.05, 0) is 68.5 Å². The molecule has 2 heterocycles. The molecule has 1 aliphatic heterocycles. The van der Waals surface area contributed by atoms with Gasteiger partial charge in [-0.25, -0.2) is 4.98 Å². The van der Waals surface area contributed by atoms with Gasteiger partial charge in [-0.2, -0.15) is 13.2 Å². The number of rotatable bonds is 6. The number of carbonyl (C=O) groups excluding carboxylic acids is 2. The van der Waals surface area contributed by atoms with Crippen LogP contribution in [0.5, 0.6) is 0 Å². The Kier molecular flexibility index (Phi) is 10.0. The van der Waals surface area contributed by atoms with Crippen LogP contribution in [0.25, 0.3) is 11.5 Å². The van der Waals surface area contributed by atoms with Crippen LogP contribution in [-0.2, 0) is 15.8 Å². The van der Waals surface area contributed by atoms with Gasteiger partial charge < -0.3 is 24.6 Å². The summed E-state index contributed by atoms with van der Waals surface area (Å²) >= 11 is 0. The lowest BCUT2D eigenvalue weighted by molar-refractivity contribution is -0.153. The van der Waals surface area contributed by atoms with E-state index in [4.69, 9.17) is 4.42 Å². The summed E-state index contributed by atoms with van der Waals surface area (Å²) in [6.45, 7) is 2.45. The highest BCUT2D eigenvalue weighted by molar-refractivity contribution is 6.04. The second kappa shape index (κ2) is 13.5. The van der Waals surface area contributed by atoms with E-state index in [0.29, 0.717) is 63.1 Å². The minimum absolute atomic E-state index is 0. The standard InChI is InChI=1S/C30H31F3N4O5.ClH/c31-30(32,33)25-24(35-27(42-25)19-5-2-1-3-6-19)26(38)34-22-11-13-23(14-12-22)36-15-4-16-37(18-17-36)28(39)20-7-9-21(10-8-20)29(40)41;/h1-3,5-6,11-14,20-21H,4,7-10,15-18H2,(H,34,38)(H,40,41);1H. The summed E-state index contributed by atoms with van der Waals surface area (Å²) in [6, 6.07) is 14.8. The van der Waals surface area contributed by atoms with E-state index in [1.807, 2.05) is 4.90 Å². The first kappa shape index (κ1) is 31.9. The molecule has 2 amide bonds. The van der Waals surface area contributed by atoms with E-state index < -0.39 is 29.5 Å². The van der Waals surface area contributed by atoms with Gasteiger partial charge in [0, 0.05) is 49.0 Å². The van der Waals surface area contributed by atoms with Crippen LogP contribution >= 0.6 is 12.4 Å². The topological polar surface area (TPSA) is 116 Å². The molecular formula is C30H32ClF3N4O5. The molecule has 0 bridgehead atoms. The molecule has 2 fully saturated rings. The molecule has 2 N–H and O–H groups in total. The highest BCUT2D eigenvalue weighted by Crippen LogP contribution is 2.36. The van der Waals surface area contributed by atoms with Crippen molar-refractivity contribution in [1.29, 1.82) is 0 Å². The van der Waals surface area contributed by atoms with Crippen molar-refractivity contribution in [3.05, 3.63) is 66.1 Å². The molecule has 230 valence electrons. The first-order valence-electron chi connectivity index (χ1n) is 13.9. The molecule has 3 aromatic rings. The third kappa shape index (κ3) is 7.48. The van der Waals surface area contributed by atoms with Crippen molar-refractivity contribution in [3.8, 4) is 11.5 Å². The summed E-state index contributed by atoms with van der Waals surface area (Å²) < 4.78 is 45.9. The molecule has 2 aliphatic rings. The molecule has 13 heteroatoms. The van der Waals surface area contributed by atoms with E-state index in [1.54, 1.807) is 42.5 Å². The summed E-state index contributed by atoms with van der Waals surface area (Å²) in [5, 5.41) is 11.7. The molecular weight excluding hydrogens is 589 g/mol. The quantitative estimate of drug-likeness (QED) is 0.349. The van der Waals surface area contributed by atoms with Gasteiger partial charge in [0.2, 0.25) is 17.6 Å². The van der Waals surface area contributed by atoms with Crippen LogP contribution in [0.15, 0.2) is 59.0 Å². The van der Waals surface area contributed by atoms with Gasteiger partial charge in [0.15, 0.2) is 5.69 Å². The number of carboxylic acids is 1. The van der Waals surface area contributed by atoms with Crippen molar-refractivity contribution < 1.29 is 37.1 Å². The molecule has 0 atom stereocenters. The van der Waals surface area contributed by atoms with E-state index in [0.717, 1.165) is 12.1 Å². The summed E-state index contributed by atoms with van der Waals surface area (Å²) in [6.07, 6.45) is -1.92. The van der Waals surface area contributed by atoms with Gasteiger partial charge in [0.25, 0.3) is 5.91 Å². The van der Waals surface area contributed by atoms with Gasteiger partial charge in [0.1, 0.15) is 0 Å². The number of carboxylic acid groups (broad SMARTS) is 1. The number of nitrogens with one attached hydrogen (secondary N) is 1. The van der Waals surface area contributed by atoms with E-state index in [-0.39, 0.29) is 36.0 Å². The highest BCUT2D eigenvalue weighted by atomic mass is 35.5. The molecule has 0 unspecified atom stereocenters. The van der Waals surface area contributed by atoms with Crippen LogP contribution < -0.4 is 10.2 Å². The summed E-state index contributed by atoms with van der Waals surface area (Å²) in [5.74, 6) is -4.02. The number of amides is 2. The number of aromatic nitrogens is 1. The van der Waals surface area contributed by atoms with Crippen LogP contribution in [0.4, 0.5) is 24.5 Å². The Morgan fingerprint density at radius 1 is 0.884 bits per heavy atom. The number of hydrogen-bond donors (Lipinski definition) is 2. The molecule has 9 nitrogen and oxygen atoms in total. The maximum Gasteiger partial charge on any atom is 0.452 e. The Morgan fingerprint density at radius 3 is 2.16 bits per heavy atom. The summed E-state index contributed by atoms with van der Waals surface area (Å²) in [7, 11) is 0. The van der Waals surface area contributed by atoms with Crippen LogP contribution in [0, 0.1) is 11.8 Å². The summed E-state index contributed by atoms with van der Waals surface area (Å²) in [5.41, 5.74) is 0.617. The number of aliphatic carboxylic acids is 1. The van der Waals surface area contributed by atoms with Crippen molar-refractivity contribution >= 4 is 41.6 Å². The highest BCUT2D eigenvalue weighted by Gasteiger charge is 2.42. The zero-order valence-electron chi connectivity index (χ0n) is 23.2. The normalized spacial score (nSPS) is 19.2. The maximum absolute atomic E-state index is 13.6. The number of carbonyl (C=O) groups is 3. The predicted octanol–water partition coefficient (Wildman–Crippen LogP) is 5.96. The molecule has 43 heavy (non-hydrogen) atoms. The average molecular weight is 621 g/mol. The second-order valence-corrected chi connectivity index (χ2v) is 10.6. The number of nitrogens with zero attached hydrogens (tertiary/aromatic N) is 3. The molecule has 0 spiro atoms. The summed E-state index contributed by atoms with van der Waals surface area (Å²) in [4.78, 5) is 45.0. The van der Waals surface area contributed by atoms with Crippen LogP contribution in [0.3, 0.4) is 0 Å². The largest absolute Gasteiger partial charge is 0.481 e. The number of alkyl halides is 3. The van der Waals surface area contributed by atoms with E-state index in [1.165, 1.54) is 12.1 Å². The SMILES string of the molecule is Cl.O=C(Nc1ccc(N2CCCN(C(=O)C3CCC(C(=O)O)CC3)CC2)cc1)c1nc(-c2ccccc2)oc1C(F)(F)F. The lowest BCUT2D eigenvalue weighted by Crippen LogP contribution is -2.40. The maximum atomic E-state index is 13.6. The Bertz CT molecular complexity index is 1420. The van der Waals surface area contributed by atoms with Crippen molar-refractivity contribution in [2.24, 2.45) is 11.8 Å². The first-order valence-corrected chi connectivity index (χ1v) is 13.9. The molecule has 1 aromatic heterocycles. The van der Waals surface area contributed by atoms with Gasteiger partial charge in [-0.1, -0.05) is 18.2 Å². The van der Waals surface area contributed by atoms with Crippen LogP contribution in [0.1, 0.15) is 48.4 Å². The predicted molar refractivity (Wildman–Crippen MR) is 155 cm³/mol. The van der Waals surface area contributed by atoms with Gasteiger partial charge >= 0.3 is 12.1 Å². The molecule has 1 saturated heterocycles. The Morgan fingerprint density at radius 2 is 1.53 bits per heavy atom. The van der Waals surface area contributed by atoms with Gasteiger partial charge in [0.05, 0.1) is 5.92 Å². The molecule has 0 radical (unpaired) electrons. The Balaban J connectivity index is 0.00000423. The third-order valence-electron chi connectivity index (χ3n) is 7.84. The fourth-order valence-electron chi connectivity index (χ4n) is 5.56. The molecule has 1 aliphatic carbocycles. The van der Waals surface area contributed by atoms with E-state index in [2.05, 4.69) is 15.2 Å². The number of benzene rings is 2. The van der Waals surface area contributed by atoms with Crippen molar-refractivity contribution in [1.82, 2.24) is 9.88 Å². The monoisotopic (exact) mass is 620 g/mol. The number of hydrogen-bond acceptors (Lipinski definition) is 6. The molecule has 2 aromatic carbocycles. The lowest BCUT2D eigenvalue weighted by Gasteiger charge is -2.30. The number of halogens is 4. The minimum Gasteiger partial charge on any atom is -0.481 e. The fourth-order valence-corrected chi connectivity index (χ4v) is 5.56. The minimum atomic E-state index is -4.91. The number of oxazole rings is 1. The lowest BCUT2D eigenvalue weighted by atomic mass is 9.81. The van der Waals surface area contributed by atoms with Crippen molar-refractivity contribution in [2.45, 2.75) is 38.3 Å². The fraction of sp³-hybridized carbons (Fsp3) is 0.400. The van der Waals surface area contributed by atoms with E-state index >= 15 is 0 Å². The van der Waals surface area contributed by atoms with Crippen LogP contribution in [-0.4, -0.2) is 59.0 Å². The van der Waals surface area contributed by atoms with Crippen molar-refractivity contribution in [3.63, 3.8) is 0 Å². The smallest absolute Gasteiger partial charge is 0.452 e. The van der Waals surface area contributed by atoms with E-state index in [9.17, 15) is 32.7 Å². The second-order valence-electron chi connectivity index (χ2n) is 10.6. The zero-order chi connectivity index (χ0) is 29.9.